The van der Waals surface area contributed by atoms with Gasteiger partial charge in [-0.05, 0) is 12.0 Å². The molecule has 0 aliphatic heterocycles. The first-order valence-corrected chi connectivity index (χ1v) is 7.84. The highest BCUT2D eigenvalue weighted by atomic mass is 35.5. The van der Waals surface area contributed by atoms with Crippen molar-refractivity contribution in [2.75, 3.05) is 17.6 Å². The van der Waals surface area contributed by atoms with Gasteiger partial charge < -0.3 is 11.1 Å². The van der Waals surface area contributed by atoms with E-state index in [1.54, 1.807) is 11.7 Å². The lowest BCUT2D eigenvalue weighted by Crippen LogP contribution is -2.11. The molecule has 0 spiro atoms. The Bertz CT molecular complexity index is 855. The number of aromatic nitrogens is 4. The molecule has 0 unspecified atom stereocenters. The van der Waals surface area contributed by atoms with Crippen LogP contribution in [0.3, 0.4) is 0 Å². The van der Waals surface area contributed by atoms with Crippen molar-refractivity contribution in [3.8, 4) is 11.3 Å². The van der Waals surface area contributed by atoms with Crippen molar-refractivity contribution < 1.29 is 0 Å². The summed E-state index contributed by atoms with van der Waals surface area (Å²) in [4.78, 5) is 9.11. The van der Waals surface area contributed by atoms with Crippen molar-refractivity contribution in [1.29, 1.82) is 0 Å². The lowest BCUT2D eigenvalue weighted by molar-refractivity contribution is 0.685. The molecule has 0 bridgehead atoms. The minimum atomic E-state index is 0.479. The minimum absolute atomic E-state index is 0.479. The van der Waals surface area contributed by atoms with Crippen molar-refractivity contribution in [3.63, 3.8) is 0 Å². The Balaban J connectivity index is 2.22. The normalized spacial score (nSPS) is 11.3. The fourth-order valence-corrected chi connectivity index (χ4v) is 2.56. The Hall–Kier alpha value is -2.34. The molecule has 0 aliphatic rings. The van der Waals surface area contributed by atoms with Gasteiger partial charge in [-0.3, -0.25) is 4.68 Å². The summed E-state index contributed by atoms with van der Waals surface area (Å²) in [5.74, 6) is 1.52. The standard InChI is InChI=1S/C16H19ClN6/c1-9(2)8-19-16-20-13(10-6-4-5-7-11(10)17)12-14(18)23(3)22-15(12)21-16/h4-7,9H,8,18H2,1-3H3,(H,19,21,22). The van der Waals surface area contributed by atoms with Gasteiger partial charge in [-0.1, -0.05) is 43.6 Å². The average Bonchev–Trinajstić information content (AvgIpc) is 2.80. The van der Waals surface area contributed by atoms with E-state index in [1.165, 1.54) is 0 Å². The molecule has 0 saturated heterocycles. The van der Waals surface area contributed by atoms with E-state index >= 15 is 0 Å². The predicted molar refractivity (Wildman–Crippen MR) is 94.5 cm³/mol. The zero-order chi connectivity index (χ0) is 16.6. The number of halogens is 1. The molecule has 23 heavy (non-hydrogen) atoms. The SMILES string of the molecule is CC(C)CNc1nc(-c2ccccc2Cl)c2c(N)n(C)nc2n1. The number of benzene rings is 1. The second-order valence-electron chi connectivity index (χ2n) is 5.86. The van der Waals surface area contributed by atoms with Gasteiger partial charge >= 0.3 is 0 Å². The summed E-state index contributed by atoms with van der Waals surface area (Å²) in [6.07, 6.45) is 0. The summed E-state index contributed by atoms with van der Waals surface area (Å²) in [7, 11) is 1.79. The lowest BCUT2D eigenvalue weighted by atomic mass is 10.1. The van der Waals surface area contributed by atoms with Gasteiger partial charge in [0.2, 0.25) is 5.95 Å². The van der Waals surface area contributed by atoms with E-state index in [4.69, 9.17) is 17.3 Å². The number of nitrogens with one attached hydrogen (secondary N) is 1. The molecular weight excluding hydrogens is 312 g/mol. The van der Waals surface area contributed by atoms with E-state index in [9.17, 15) is 0 Å². The molecule has 0 radical (unpaired) electrons. The van der Waals surface area contributed by atoms with E-state index in [-0.39, 0.29) is 0 Å². The third kappa shape index (κ3) is 2.94. The van der Waals surface area contributed by atoms with Crippen molar-refractivity contribution >= 4 is 34.4 Å². The predicted octanol–water partition coefficient (Wildman–Crippen LogP) is 3.33. The Labute approximate surface area is 139 Å². The van der Waals surface area contributed by atoms with Crippen LogP contribution in [0.2, 0.25) is 5.02 Å². The number of rotatable bonds is 4. The third-order valence-electron chi connectivity index (χ3n) is 3.54. The van der Waals surface area contributed by atoms with Crippen molar-refractivity contribution in [2.45, 2.75) is 13.8 Å². The maximum Gasteiger partial charge on any atom is 0.225 e. The van der Waals surface area contributed by atoms with Crippen LogP contribution in [0.4, 0.5) is 11.8 Å². The smallest absolute Gasteiger partial charge is 0.225 e. The summed E-state index contributed by atoms with van der Waals surface area (Å²) in [6, 6.07) is 7.55. The van der Waals surface area contributed by atoms with E-state index in [1.807, 2.05) is 24.3 Å². The number of nitrogen functional groups attached to an aromatic ring is 1. The molecule has 6 nitrogen and oxygen atoms in total. The topological polar surface area (TPSA) is 81.6 Å². The fourth-order valence-electron chi connectivity index (χ4n) is 2.34. The first-order valence-electron chi connectivity index (χ1n) is 7.46. The Morgan fingerprint density at radius 3 is 2.70 bits per heavy atom. The molecule has 0 fully saturated rings. The second kappa shape index (κ2) is 6.04. The van der Waals surface area contributed by atoms with Gasteiger partial charge in [-0.25, -0.2) is 4.98 Å². The number of aryl methyl sites for hydroxylation is 1. The van der Waals surface area contributed by atoms with Crippen LogP contribution in [0, 0.1) is 5.92 Å². The molecule has 0 atom stereocenters. The molecule has 0 aliphatic carbocycles. The van der Waals surface area contributed by atoms with Crippen LogP contribution in [0.1, 0.15) is 13.8 Å². The Morgan fingerprint density at radius 1 is 1.26 bits per heavy atom. The lowest BCUT2D eigenvalue weighted by Gasteiger charge is -2.10. The van der Waals surface area contributed by atoms with Crippen LogP contribution in [-0.4, -0.2) is 26.3 Å². The number of nitrogens with zero attached hydrogens (tertiary/aromatic N) is 4. The van der Waals surface area contributed by atoms with Crippen LogP contribution in [-0.2, 0) is 7.05 Å². The van der Waals surface area contributed by atoms with Crippen LogP contribution in [0.25, 0.3) is 22.3 Å². The van der Waals surface area contributed by atoms with Gasteiger partial charge in [-0.15, -0.1) is 0 Å². The molecular formula is C16H19ClN6. The summed E-state index contributed by atoms with van der Waals surface area (Å²) in [5, 5.41) is 8.95. The summed E-state index contributed by atoms with van der Waals surface area (Å²) in [6.45, 7) is 5.02. The van der Waals surface area contributed by atoms with Crippen molar-refractivity contribution in [2.24, 2.45) is 13.0 Å². The highest BCUT2D eigenvalue weighted by molar-refractivity contribution is 6.33. The van der Waals surface area contributed by atoms with Gasteiger partial charge in [0.1, 0.15) is 5.82 Å². The quantitative estimate of drug-likeness (QED) is 0.766. The van der Waals surface area contributed by atoms with Crippen LogP contribution < -0.4 is 11.1 Å². The fraction of sp³-hybridized carbons (Fsp3) is 0.312. The zero-order valence-corrected chi connectivity index (χ0v) is 14.1. The van der Waals surface area contributed by atoms with Crippen molar-refractivity contribution in [1.82, 2.24) is 19.7 Å². The second-order valence-corrected chi connectivity index (χ2v) is 6.27. The summed E-state index contributed by atoms with van der Waals surface area (Å²) < 4.78 is 1.60. The summed E-state index contributed by atoms with van der Waals surface area (Å²) in [5.41, 5.74) is 8.22. The van der Waals surface area contributed by atoms with Gasteiger partial charge in [0.25, 0.3) is 0 Å². The number of anilines is 2. The summed E-state index contributed by atoms with van der Waals surface area (Å²) >= 11 is 6.35. The van der Waals surface area contributed by atoms with Gasteiger partial charge in [0, 0.05) is 24.2 Å². The molecule has 3 rings (SSSR count). The van der Waals surface area contributed by atoms with Crippen molar-refractivity contribution in [3.05, 3.63) is 29.3 Å². The number of fused-ring (bicyclic) bond motifs is 1. The maximum atomic E-state index is 6.35. The monoisotopic (exact) mass is 330 g/mol. The first kappa shape index (κ1) is 15.6. The van der Waals surface area contributed by atoms with E-state index in [2.05, 4.69) is 34.2 Å². The highest BCUT2D eigenvalue weighted by Crippen LogP contribution is 2.34. The first-order chi connectivity index (χ1) is 11.0. The van der Waals surface area contributed by atoms with E-state index in [0.29, 0.717) is 34.0 Å². The molecule has 0 amide bonds. The van der Waals surface area contributed by atoms with Gasteiger partial charge in [-0.2, -0.15) is 10.1 Å². The maximum absolute atomic E-state index is 6.35. The molecule has 120 valence electrons. The molecule has 2 aromatic heterocycles. The minimum Gasteiger partial charge on any atom is -0.383 e. The third-order valence-corrected chi connectivity index (χ3v) is 3.87. The average molecular weight is 331 g/mol. The number of hydrogen-bond acceptors (Lipinski definition) is 5. The molecule has 1 aromatic carbocycles. The van der Waals surface area contributed by atoms with Crippen LogP contribution in [0.15, 0.2) is 24.3 Å². The molecule has 2 heterocycles. The molecule has 7 heteroatoms. The number of hydrogen-bond donors (Lipinski definition) is 2. The Morgan fingerprint density at radius 2 is 2.00 bits per heavy atom. The molecule has 3 N–H and O–H groups in total. The van der Waals surface area contributed by atoms with Crippen LogP contribution in [0.5, 0.6) is 0 Å². The number of nitrogens with two attached hydrogens (primary N) is 1. The molecule has 3 aromatic rings. The van der Waals surface area contributed by atoms with Crippen LogP contribution >= 0.6 is 11.6 Å². The van der Waals surface area contributed by atoms with E-state index < -0.39 is 0 Å². The van der Waals surface area contributed by atoms with Gasteiger partial charge in [0.05, 0.1) is 11.1 Å². The van der Waals surface area contributed by atoms with Gasteiger partial charge in [0.15, 0.2) is 5.65 Å². The highest BCUT2D eigenvalue weighted by Gasteiger charge is 2.18. The zero-order valence-electron chi connectivity index (χ0n) is 13.3. The molecule has 0 saturated carbocycles. The largest absolute Gasteiger partial charge is 0.383 e. The van der Waals surface area contributed by atoms with E-state index in [0.717, 1.165) is 17.5 Å². The Kier molecular flexibility index (Phi) is 4.09.